The molecule has 0 fully saturated rings. The standard InChI is InChI=1S/C16H12ClNO2S/c1-21-12-4-2-3-11-14(12)13(15(18-11)16(19)20)9-5-7-10(17)8-6-9/h2-8,18H,1H3,(H,19,20). The van der Waals surface area contributed by atoms with E-state index in [0.29, 0.717) is 10.6 Å². The van der Waals surface area contributed by atoms with E-state index >= 15 is 0 Å². The monoisotopic (exact) mass is 317 g/mol. The van der Waals surface area contributed by atoms with Crippen molar-refractivity contribution in [2.45, 2.75) is 4.90 Å². The highest BCUT2D eigenvalue weighted by Crippen LogP contribution is 2.38. The molecule has 3 rings (SSSR count). The van der Waals surface area contributed by atoms with Crippen LogP contribution in [-0.4, -0.2) is 22.3 Å². The SMILES string of the molecule is CSc1cccc2[nH]c(C(=O)O)c(-c3ccc(Cl)cc3)c12. The zero-order valence-corrected chi connectivity index (χ0v) is 12.8. The van der Waals surface area contributed by atoms with Crippen LogP contribution in [0.4, 0.5) is 0 Å². The fraction of sp³-hybridized carbons (Fsp3) is 0.0625. The van der Waals surface area contributed by atoms with Gasteiger partial charge in [0.05, 0.1) is 0 Å². The molecular weight excluding hydrogens is 306 g/mol. The minimum absolute atomic E-state index is 0.203. The first-order chi connectivity index (χ1) is 10.1. The van der Waals surface area contributed by atoms with Crippen LogP contribution in [0.2, 0.25) is 5.02 Å². The van der Waals surface area contributed by atoms with Gasteiger partial charge >= 0.3 is 5.97 Å². The van der Waals surface area contributed by atoms with Crippen LogP contribution < -0.4 is 0 Å². The second kappa shape index (κ2) is 5.47. The summed E-state index contributed by atoms with van der Waals surface area (Å²) in [4.78, 5) is 15.6. The molecule has 0 aliphatic heterocycles. The maximum Gasteiger partial charge on any atom is 0.352 e. The first-order valence-corrected chi connectivity index (χ1v) is 7.90. The Morgan fingerprint density at radius 3 is 2.52 bits per heavy atom. The lowest BCUT2D eigenvalue weighted by atomic mass is 10.0. The predicted molar refractivity (Wildman–Crippen MR) is 87.5 cm³/mol. The molecule has 5 heteroatoms. The minimum atomic E-state index is -0.969. The molecule has 0 aliphatic rings. The van der Waals surface area contributed by atoms with E-state index in [1.54, 1.807) is 23.9 Å². The number of halogens is 1. The second-order valence-electron chi connectivity index (χ2n) is 4.57. The van der Waals surface area contributed by atoms with Gasteiger partial charge in [0, 0.05) is 26.4 Å². The first kappa shape index (κ1) is 14.0. The number of carbonyl (C=O) groups is 1. The van der Waals surface area contributed by atoms with Gasteiger partial charge in [0.25, 0.3) is 0 Å². The van der Waals surface area contributed by atoms with E-state index in [2.05, 4.69) is 4.98 Å². The zero-order valence-electron chi connectivity index (χ0n) is 11.2. The number of hydrogen-bond acceptors (Lipinski definition) is 2. The molecule has 1 heterocycles. The molecule has 106 valence electrons. The van der Waals surface area contributed by atoms with Crippen LogP contribution in [0.3, 0.4) is 0 Å². The molecule has 0 unspecified atom stereocenters. The summed E-state index contributed by atoms with van der Waals surface area (Å²) < 4.78 is 0. The van der Waals surface area contributed by atoms with E-state index in [1.165, 1.54) is 0 Å². The minimum Gasteiger partial charge on any atom is -0.477 e. The van der Waals surface area contributed by atoms with E-state index < -0.39 is 5.97 Å². The van der Waals surface area contributed by atoms with E-state index in [1.807, 2.05) is 36.6 Å². The van der Waals surface area contributed by atoms with Gasteiger partial charge in [0.1, 0.15) is 5.69 Å². The van der Waals surface area contributed by atoms with Crippen molar-refractivity contribution < 1.29 is 9.90 Å². The Hall–Kier alpha value is -1.91. The highest BCUT2D eigenvalue weighted by molar-refractivity contribution is 7.98. The number of benzene rings is 2. The van der Waals surface area contributed by atoms with Crippen molar-refractivity contribution in [2.24, 2.45) is 0 Å². The number of aromatic nitrogens is 1. The highest BCUT2D eigenvalue weighted by Gasteiger charge is 2.20. The van der Waals surface area contributed by atoms with Crippen molar-refractivity contribution >= 4 is 40.2 Å². The average molecular weight is 318 g/mol. The summed E-state index contributed by atoms with van der Waals surface area (Å²) in [5, 5.41) is 11.0. The molecule has 2 N–H and O–H groups in total. The number of rotatable bonds is 3. The Bertz CT molecular complexity index is 824. The fourth-order valence-corrected chi connectivity index (χ4v) is 3.21. The van der Waals surface area contributed by atoms with Crippen molar-refractivity contribution in [3.63, 3.8) is 0 Å². The lowest BCUT2D eigenvalue weighted by Crippen LogP contribution is -1.98. The second-order valence-corrected chi connectivity index (χ2v) is 5.85. The molecule has 21 heavy (non-hydrogen) atoms. The molecule has 1 aromatic heterocycles. The van der Waals surface area contributed by atoms with Crippen molar-refractivity contribution in [3.05, 3.63) is 53.2 Å². The van der Waals surface area contributed by atoms with Crippen LogP contribution in [0.25, 0.3) is 22.0 Å². The van der Waals surface area contributed by atoms with E-state index in [4.69, 9.17) is 11.6 Å². The van der Waals surface area contributed by atoms with Crippen LogP contribution in [-0.2, 0) is 0 Å². The molecule has 0 saturated heterocycles. The number of aromatic carboxylic acids is 1. The van der Waals surface area contributed by atoms with Gasteiger partial charge in [-0.15, -0.1) is 11.8 Å². The first-order valence-electron chi connectivity index (χ1n) is 6.29. The Labute approximate surface area is 130 Å². The fourth-order valence-electron chi connectivity index (χ4n) is 2.45. The van der Waals surface area contributed by atoms with Gasteiger partial charge in [-0.3, -0.25) is 0 Å². The van der Waals surface area contributed by atoms with Gasteiger partial charge in [0.2, 0.25) is 0 Å². The topological polar surface area (TPSA) is 53.1 Å². The molecule has 3 aromatic rings. The smallest absolute Gasteiger partial charge is 0.352 e. The number of carboxylic acids is 1. The van der Waals surface area contributed by atoms with Crippen LogP contribution in [0, 0.1) is 0 Å². The molecule has 2 aromatic carbocycles. The van der Waals surface area contributed by atoms with Crippen LogP contribution in [0.1, 0.15) is 10.5 Å². The third-order valence-electron chi connectivity index (χ3n) is 3.35. The summed E-state index contributed by atoms with van der Waals surface area (Å²) in [6, 6.07) is 13.0. The Morgan fingerprint density at radius 2 is 1.90 bits per heavy atom. The summed E-state index contributed by atoms with van der Waals surface area (Å²) in [5.41, 5.74) is 2.57. The third kappa shape index (κ3) is 2.41. The highest BCUT2D eigenvalue weighted by atomic mass is 35.5. The average Bonchev–Trinajstić information content (AvgIpc) is 2.88. The predicted octanol–water partition coefficient (Wildman–Crippen LogP) is 4.91. The van der Waals surface area contributed by atoms with Crippen molar-refractivity contribution in [2.75, 3.05) is 6.26 Å². The number of carboxylic acid groups (broad SMARTS) is 1. The number of fused-ring (bicyclic) bond motifs is 1. The third-order valence-corrected chi connectivity index (χ3v) is 4.38. The van der Waals surface area contributed by atoms with Crippen molar-refractivity contribution in [1.82, 2.24) is 4.98 Å². The number of aromatic amines is 1. The number of hydrogen-bond donors (Lipinski definition) is 2. The van der Waals surface area contributed by atoms with E-state index in [0.717, 1.165) is 21.4 Å². The molecule has 0 amide bonds. The summed E-state index contributed by atoms with van der Waals surface area (Å²) in [6.07, 6.45) is 1.98. The van der Waals surface area contributed by atoms with E-state index in [-0.39, 0.29) is 5.69 Å². The Morgan fingerprint density at radius 1 is 1.19 bits per heavy atom. The molecule has 3 nitrogen and oxygen atoms in total. The van der Waals surface area contributed by atoms with E-state index in [9.17, 15) is 9.90 Å². The molecule has 0 saturated carbocycles. The summed E-state index contributed by atoms with van der Waals surface area (Å²) in [5.74, 6) is -0.969. The molecular formula is C16H12ClNO2S. The van der Waals surface area contributed by atoms with Gasteiger partial charge in [-0.2, -0.15) is 0 Å². The van der Waals surface area contributed by atoms with Crippen LogP contribution in [0.5, 0.6) is 0 Å². The largest absolute Gasteiger partial charge is 0.477 e. The Kier molecular flexibility index (Phi) is 3.66. The van der Waals surface area contributed by atoms with Gasteiger partial charge in [0.15, 0.2) is 0 Å². The lowest BCUT2D eigenvalue weighted by Gasteiger charge is -2.05. The van der Waals surface area contributed by atoms with Crippen LogP contribution in [0.15, 0.2) is 47.4 Å². The Balaban J connectivity index is 2.39. The molecule has 0 aliphatic carbocycles. The molecule has 0 atom stereocenters. The van der Waals surface area contributed by atoms with Gasteiger partial charge in [-0.25, -0.2) is 4.79 Å². The maximum absolute atomic E-state index is 11.6. The van der Waals surface area contributed by atoms with Crippen molar-refractivity contribution in [1.29, 1.82) is 0 Å². The lowest BCUT2D eigenvalue weighted by molar-refractivity contribution is 0.0692. The maximum atomic E-state index is 11.6. The normalized spacial score (nSPS) is 11.0. The van der Waals surface area contributed by atoms with Gasteiger partial charge in [-0.1, -0.05) is 29.8 Å². The van der Waals surface area contributed by atoms with Crippen molar-refractivity contribution in [3.8, 4) is 11.1 Å². The van der Waals surface area contributed by atoms with Gasteiger partial charge < -0.3 is 10.1 Å². The van der Waals surface area contributed by atoms with Gasteiger partial charge in [-0.05, 0) is 36.1 Å². The molecule has 0 bridgehead atoms. The summed E-state index contributed by atoms with van der Waals surface area (Å²) in [7, 11) is 0. The quantitative estimate of drug-likeness (QED) is 0.675. The summed E-state index contributed by atoms with van der Waals surface area (Å²) >= 11 is 7.52. The summed E-state index contributed by atoms with van der Waals surface area (Å²) in [6.45, 7) is 0. The molecule has 0 spiro atoms. The zero-order chi connectivity index (χ0) is 15.0. The van der Waals surface area contributed by atoms with Crippen LogP contribution >= 0.6 is 23.4 Å². The molecule has 0 radical (unpaired) electrons. The number of H-pyrrole nitrogens is 1. The number of nitrogens with one attached hydrogen (secondary N) is 1. The number of thioether (sulfide) groups is 1.